The average molecular weight is 623 g/mol. The summed E-state index contributed by atoms with van der Waals surface area (Å²) in [7, 11) is 0. The minimum Gasteiger partial charge on any atom is -0.490 e. The molecule has 244 valence electrons. The van der Waals surface area contributed by atoms with Crippen molar-refractivity contribution in [1.29, 1.82) is 0 Å². The van der Waals surface area contributed by atoms with Gasteiger partial charge in [0.1, 0.15) is 35.4 Å². The fraction of sp³-hybridized carbons (Fsp3) is 0.526. The van der Waals surface area contributed by atoms with Crippen LogP contribution in [-0.4, -0.2) is 42.3 Å². The third-order valence-electron chi connectivity index (χ3n) is 9.02. The molecule has 0 aliphatic carbocycles. The van der Waals surface area contributed by atoms with Crippen molar-refractivity contribution in [3.63, 3.8) is 0 Å². The zero-order chi connectivity index (χ0) is 31.8. The third-order valence-corrected chi connectivity index (χ3v) is 9.02. The first-order valence-electron chi connectivity index (χ1n) is 16.8. The van der Waals surface area contributed by atoms with Crippen LogP contribution in [0.3, 0.4) is 0 Å². The number of benzene rings is 3. The van der Waals surface area contributed by atoms with E-state index in [1.165, 1.54) is 26.0 Å². The molecule has 1 saturated heterocycles. The standard InChI is InChI=1S/C38H49F3N2O2/c1-27-21-29-22-31(44-25-28-13-7-4-8-14-28)17-18-33(29)37(43(27)26-38(2,3)41)36-34(39)23-32(24-35(36)40)45-30-15-9-5-11-19-42-20-12-6-10-16-30/h4,7-8,13-14,17-18,22-24,27,30,37,42H,5-6,9-12,15-16,19-21,25-26H2,1-3H3/t27-,37?/m1/s1. The van der Waals surface area contributed by atoms with Gasteiger partial charge in [-0.1, -0.05) is 49.2 Å². The second-order valence-corrected chi connectivity index (χ2v) is 13.5. The number of hydrogen-bond donors (Lipinski definition) is 1. The molecule has 5 rings (SSSR count). The summed E-state index contributed by atoms with van der Waals surface area (Å²) in [4.78, 5) is 1.90. The van der Waals surface area contributed by atoms with Crippen LogP contribution >= 0.6 is 0 Å². The van der Waals surface area contributed by atoms with Crippen molar-refractivity contribution in [2.24, 2.45) is 0 Å². The minimum absolute atomic E-state index is 0.0409. The molecule has 3 aromatic carbocycles. The van der Waals surface area contributed by atoms with Gasteiger partial charge in [-0.25, -0.2) is 13.2 Å². The molecule has 0 saturated carbocycles. The first-order valence-corrected chi connectivity index (χ1v) is 16.8. The van der Waals surface area contributed by atoms with Gasteiger partial charge in [0, 0.05) is 30.3 Å². The zero-order valence-corrected chi connectivity index (χ0v) is 27.1. The van der Waals surface area contributed by atoms with Gasteiger partial charge in [0.15, 0.2) is 0 Å². The Hall–Kier alpha value is -3.03. The van der Waals surface area contributed by atoms with Crippen LogP contribution in [0.15, 0.2) is 60.7 Å². The number of alkyl halides is 1. The molecule has 0 bridgehead atoms. The van der Waals surface area contributed by atoms with Crippen LogP contribution in [0.5, 0.6) is 11.5 Å². The molecule has 2 aliphatic heterocycles. The largest absolute Gasteiger partial charge is 0.490 e. The summed E-state index contributed by atoms with van der Waals surface area (Å²) in [6.07, 6.45) is 8.79. The highest BCUT2D eigenvalue weighted by Crippen LogP contribution is 2.43. The molecular weight excluding hydrogens is 573 g/mol. The van der Waals surface area contributed by atoms with Crippen molar-refractivity contribution in [2.45, 2.75) is 109 Å². The Bertz CT molecular complexity index is 1340. The van der Waals surface area contributed by atoms with Crippen molar-refractivity contribution in [3.8, 4) is 11.5 Å². The summed E-state index contributed by atoms with van der Waals surface area (Å²) in [5.74, 6) is -0.417. The average Bonchev–Trinajstić information content (AvgIpc) is 2.98. The van der Waals surface area contributed by atoms with Crippen molar-refractivity contribution in [1.82, 2.24) is 10.2 Å². The van der Waals surface area contributed by atoms with Gasteiger partial charge in [-0.05, 0) is 108 Å². The van der Waals surface area contributed by atoms with Gasteiger partial charge in [-0.3, -0.25) is 4.90 Å². The molecule has 0 aromatic heterocycles. The Labute approximate surface area is 267 Å². The molecular formula is C38H49F3N2O2. The van der Waals surface area contributed by atoms with Gasteiger partial charge < -0.3 is 14.8 Å². The van der Waals surface area contributed by atoms with E-state index in [9.17, 15) is 0 Å². The van der Waals surface area contributed by atoms with E-state index in [1.54, 1.807) is 0 Å². The number of ether oxygens (including phenoxy) is 2. The summed E-state index contributed by atoms with van der Waals surface area (Å²) in [5.41, 5.74) is 1.16. The van der Waals surface area contributed by atoms with Crippen LogP contribution in [-0.2, 0) is 13.0 Å². The van der Waals surface area contributed by atoms with Gasteiger partial charge in [0.25, 0.3) is 0 Å². The molecule has 0 amide bonds. The van der Waals surface area contributed by atoms with Gasteiger partial charge >= 0.3 is 0 Å². The van der Waals surface area contributed by atoms with Crippen LogP contribution in [0, 0.1) is 11.6 Å². The molecule has 4 nitrogen and oxygen atoms in total. The van der Waals surface area contributed by atoms with Gasteiger partial charge in [-0.2, -0.15) is 0 Å². The molecule has 3 aromatic rings. The number of halogens is 3. The van der Waals surface area contributed by atoms with E-state index in [-0.39, 0.29) is 30.0 Å². The quantitative estimate of drug-likeness (QED) is 0.272. The second kappa shape index (κ2) is 15.5. The fourth-order valence-electron chi connectivity index (χ4n) is 6.80. The lowest BCUT2D eigenvalue weighted by Gasteiger charge is -2.44. The lowest BCUT2D eigenvalue weighted by molar-refractivity contribution is 0.0650. The predicted molar refractivity (Wildman–Crippen MR) is 175 cm³/mol. The first kappa shape index (κ1) is 33.3. The number of fused-ring (bicyclic) bond motifs is 1. The Morgan fingerprint density at radius 3 is 2.16 bits per heavy atom. The van der Waals surface area contributed by atoms with E-state index < -0.39 is 23.3 Å². The molecule has 2 atom stereocenters. The summed E-state index contributed by atoms with van der Waals surface area (Å²) in [6, 6.07) is 17.3. The molecule has 0 radical (unpaired) electrons. The lowest BCUT2D eigenvalue weighted by Crippen LogP contribution is -2.48. The molecule has 2 aliphatic rings. The highest BCUT2D eigenvalue weighted by Gasteiger charge is 2.39. The molecule has 1 N–H and O–H groups in total. The summed E-state index contributed by atoms with van der Waals surface area (Å²) >= 11 is 0. The minimum atomic E-state index is -1.55. The van der Waals surface area contributed by atoms with Crippen molar-refractivity contribution < 1.29 is 22.6 Å². The molecule has 45 heavy (non-hydrogen) atoms. The predicted octanol–water partition coefficient (Wildman–Crippen LogP) is 9.10. The van der Waals surface area contributed by atoms with Crippen LogP contribution in [0.2, 0.25) is 0 Å². The molecule has 7 heteroatoms. The monoisotopic (exact) mass is 622 g/mol. The SMILES string of the molecule is C[C@@H]1Cc2cc(OCc3ccccc3)ccc2C(c2c(F)cc(OC3CCCCCNCCCCC3)cc2F)N1CC(C)(C)F. The summed E-state index contributed by atoms with van der Waals surface area (Å²) in [6.45, 7) is 7.54. The van der Waals surface area contributed by atoms with Crippen molar-refractivity contribution in [2.75, 3.05) is 19.6 Å². The number of nitrogens with zero attached hydrogens (tertiary/aromatic N) is 1. The molecule has 2 heterocycles. The van der Waals surface area contributed by atoms with E-state index in [0.29, 0.717) is 18.8 Å². The van der Waals surface area contributed by atoms with Crippen molar-refractivity contribution in [3.05, 3.63) is 94.6 Å². The van der Waals surface area contributed by atoms with Gasteiger partial charge in [0.05, 0.1) is 12.1 Å². The van der Waals surface area contributed by atoms with E-state index in [2.05, 4.69) is 5.32 Å². The maximum absolute atomic E-state index is 16.2. The molecule has 1 fully saturated rings. The third kappa shape index (κ3) is 9.26. The van der Waals surface area contributed by atoms with E-state index in [1.807, 2.05) is 60.4 Å². The first-order chi connectivity index (χ1) is 21.7. The Morgan fingerprint density at radius 1 is 0.844 bits per heavy atom. The topological polar surface area (TPSA) is 33.7 Å². The Morgan fingerprint density at radius 2 is 1.51 bits per heavy atom. The highest BCUT2D eigenvalue weighted by atomic mass is 19.1. The van der Waals surface area contributed by atoms with Crippen LogP contribution in [0.25, 0.3) is 0 Å². The second-order valence-electron chi connectivity index (χ2n) is 13.5. The number of nitrogens with one attached hydrogen (secondary N) is 1. The summed E-state index contributed by atoms with van der Waals surface area (Å²) in [5, 5.41) is 3.49. The number of rotatable bonds is 8. The molecule has 0 spiro atoms. The number of hydrogen-bond acceptors (Lipinski definition) is 4. The Kier molecular flexibility index (Phi) is 11.5. The van der Waals surface area contributed by atoms with Crippen LogP contribution < -0.4 is 14.8 Å². The maximum Gasteiger partial charge on any atom is 0.134 e. The zero-order valence-electron chi connectivity index (χ0n) is 27.1. The van der Waals surface area contributed by atoms with Crippen LogP contribution in [0.1, 0.15) is 100 Å². The van der Waals surface area contributed by atoms with E-state index in [4.69, 9.17) is 9.47 Å². The highest BCUT2D eigenvalue weighted by molar-refractivity contribution is 5.46. The normalized spacial score (nSPS) is 20.9. The summed E-state index contributed by atoms with van der Waals surface area (Å²) < 4.78 is 59.8. The van der Waals surface area contributed by atoms with E-state index >= 15 is 13.2 Å². The van der Waals surface area contributed by atoms with Crippen molar-refractivity contribution >= 4 is 0 Å². The van der Waals surface area contributed by atoms with Gasteiger partial charge in [-0.15, -0.1) is 0 Å². The van der Waals surface area contributed by atoms with Crippen LogP contribution in [0.4, 0.5) is 13.2 Å². The van der Waals surface area contributed by atoms with E-state index in [0.717, 1.165) is 81.1 Å². The molecule has 1 unspecified atom stereocenters. The Balaban J connectivity index is 1.42. The smallest absolute Gasteiger partial charge is 0.134 e. The van der Waals surface area contributed by atoms with Gasteiger partial charge in [0.2, 0.25) is 0 Å². The lowest BCUT2D eigenvalue weighted by atomic mass is 9.83. The maximum atomic E-state index is 16.2. The fourth-order valence-corrected chi connectivity index (χ4v) is 6.80.